The van der Waals surface area contributed by atoms with E-state index < -0.39 is 0 Å². The van der Waals surface area contributed by atoms with Gasteiger partial charge in [-0.1, -0.05) is 200 Å². The van der Waals surface area contributed by atoms with Crippen LogP contribution in [0.4, 0.5) is 0 Å². The molecule has 0 aliphatic carbocycles. The minimum absolute atomic E-state index is 0.692. The average molecular weight is 763 g/mol. The van der Waals surface area contributed by atoms with Gasteiger partial charge in [0.25, 0.3) is 0 Å². The SMILES string of the molecule is c1ccc(-c2ccc(-c3cc(-c4cccc(-c5cccc(-c6c7ccccc7cc7c6ccc6ccccc67)c5)c4)nc(-c4ccccc4)n3)c(-c3ccccc3)c2)cc1. The monoisotopic (exact) mass is 762 g/mol. The van der Waals surface area contributed by atoms with E-state index in [9.17, 15) is 0 Å². The van der Waals surface area contributed by atoms with Crippen LogP contribution in [0.15, 0.2) is 231 Å². The van der Waals surface area contributed by atoms with Crippen molar-refractivity contribution in [2.75, 3.05) is 0 Å². The fourth-order valence-electron chi connectivity index (χ4n) is 8.73. The molecule has 0 unspecified atom stereocenters. The number of benzene rings is 10. The molecule has 0 atom stereocenters. The molecule has 1 heterocycles. The number of hydrogen-bond donors (Lipinski definition) is 0. The van der Waals surface area contributed by atoms with Crippen LogP contribution in [0.3, 0.4) is 0 Å². The van der Waals surface area contributed by atoms with Crippen molar-refractivity contribution in [1.82, 2.24) is 9.97 Å². The summed E-state index contributed by atoms with van der Waals surface area (Å²) in [4.78, 5) is 10.5. The lowest BCUT2D eigenvalue weighted by Crippen LogP contribution is -1.97. The third-order valence-electron chi connectivity index (χ3n) is 11.7. The second-order valence-electron chi connectivity index (χ2n) is 15.3. The average Bonchev–Trinajstić information content (AvgIpc) is 3.34. The minimum atomic E-state index is 0.692. The molecule has 0 amide bonds. The molecule has 0 saturated heterocycles. The van der Waals surface area contributed by atoms with Crippen molar-refractivity contribution < 1.29 is 0 Å². The molecule has 0 aliphatic heterocycles. The molecule has 11 rings (SSSR count). The van der Waals surface area contributed by atoms with Gasteiger partial charge in [0.15, 0.2) is 5.82 Å². The van der Waals surface area contributed by atoms with Crippen LogP contribution >= 0.6 is 0 Å². The van der Waals surface area contributed by atoms with Crippen molar-refractivity contribution in [3.8, 4) is 78.4 Å². The van der Waals surface area contributed by atoms with Gasteiger partial charge in [-0.25, -0.2) is 9.97 Å². The Labute approximate surface area is 349 Å². The van der Waals surface area contributed by atoms with E-state index in [-0.39, 0.29) is 0 Å². The predicted molar refractivity (Wildman–Crippen MR) is 253 cm³/mol. The van der Waals surface area contributed by atoms with Crippen molar-refractivity contribution in [1.29, 1.82) is 0 Å². The van der Waals surface area contributed by atoms with Gasteiger partial charge in [-0.2, -0.15) is 0 Å². The summed E-state index contributed by atoms with van der Waals surface area (Å²) in [5.41, 5.74) is 14.1. The summed E-state index contributed by atoms with van der Waals surface area (Å²) in [6, 6.07) is 82.4. The smallest absolute Gasteiger partial charge is 0.160 e. The van der Waals surface area contributed by atoms with Crippen molar-refractivity contribution in [2.45, 2.75) is 0 Å². The molecule has 0 aliphatic rings. The van der Waals surface area contributed by atoms with Crippen LogP contribution in [-0.2, 0) is 0 Å². The zero-order valence-corrected chi connectivity index (χ0v) is 32.8. The van der Waals surface area contributed by atoms with Crippen molar-refractivity contribution in [3.05, 3.63) is 231 Å². The van der Waals surface area contributed by atoms with E-state index in [1.807, 2.05) is 18.2 Å². The molecule has 2 nitrogen and oxygen atoms in total. The summed E-state index contributed by atoms with van der Waals surface area (Å²) in [5.74, 6) is 0.692. The number of hydrogen-bond acceptors (Lipinski definition) is 2. The summed E-state index contributed by atoms with van der Waals surface area (Å²) < 4.78 is 0. The quantitative estimate of drug-likeness (QED) is 0.119. The maximum absolute atomic E-state index is 5.27. The first-order valence-electron chi connectivity index (χ1n) is 20.5. The van der Waals surface area contributed by atoms with Gasteiger partial charge in [0, 0.05) is 16.7 Å². The zero-order chi connectivity index (χ0) is 39.8. The Morgan fingerprint density at radius 1 is 0.233 bits per heavy atom. The van der Waals surface area contributed by atoms with Crippen LogP contribution in [0.2, 0.25) is 0 Å². The molecule has 10 aromatic carbocycles. The number of nitrogens with zero attached hydrogens (tertiary/aromatic N) is 2. The van der Waals surface area contributed by atoms with E-state index in [1.54, 1.807) is 0 Å². The first kappa shape index (κ1) is 35.2. The molecule has 0 fully saturated rings. The van der Waals surface area contributed by atoms with Crippen molar-refractivity contribution in [2.24, 2.45) is 0 Å². The molecule has 11 aromatic rings. The molecule has 280 valence electrons. The van der Waals surface area contributed by atoms with E-state index in [4.69, 9.17) is 9.97 Å². The van der Waals surface area contributed by atoms with Gasteiger partial charge in [0.05, 0.1) is 11.4 Å². The normalized spacial score (nSPS) is 11.3. The van der Waals surface area contributed by atoms with E-state index in [1.165, 1.54) is 49.0 Å². The Balaban J connectivity index is 1.06. The first-order valence-corrected chi connectivity index (χ1v) is 20.5. The lowest BCUT2D eigenvalue weighted by Gasteiger charge is -2.16. The maximum atomic E-state index is 5.27. The Hall–Kier alpha value is -7.94. The summed E-state index contributed by atoms with van der Waals surface area (Å²) >= 11 is 0. The van der Waals surface area contributed by atoms with Crippen molar-refractivity contribution in [3.63, 3.8) is 0 Å². The summed E-state index contributed by atoms with van der Waals surface area (Å²) in [6.07, 6.45) is 0. The Morgan fingerprint density at radius 2 is 0.783 bits per heavy atom. The topological polar surface area (TPSA) is 25.8 Å². The zero-order valence-electron chi connectivity index (χ0n) is 32.8. The second kappa shape index (κ2) is 15.1. The van der Waals surface area contributed by atoms with Crippen LogP contribution < -0.4 is 0 Å². The third kappa shape index (κ3) is 6.51. The fourth-order valence-corrected chi connectivity index (χ4v) is 8.73. The van der Waals surface area contributed by atoms with Crippen LogP contribution in [0, 0.1) is 0 Å². The molecule has 60 heavy (non-hydrogen) atoms. The van der Waals surface area contributed by atoms with Crippen LogP contribution in [0.5, 0.6) is 0 Å². The van der Waals surface area contributed by atoms with Gasteiger partial charge in [-0.05, 0) is 107 Å². The van der Waals surface area contributed by atoms with Crippen molar-refractivity contribution >= 4 is 32.3 Å². The molecule has 0 N–H and O–H groups in total. The molecule has 0 radical (unpaired) electrons. The number of rotatable bonds is 7. The highest BCUT2D eigenvalue weighted by molar-refractivity contribution is 6.20. The molecular formula is C58H38N2. The standard InChI is InChI=1S/C58H38N2/c1-4-16-39(17-5-1)45-31-32-51(53(36-45)40-18-6-2-7-19-40)56-38-55(59-58(60-56)42-21-8-3-9-22-42)47-26-14-24-43(34-47)44-25-15-27-48(35-44)57-50-29-13-11-23-46(50)37-54-49-28-12-10-20-41(49)30-33-52(54)57/h1-38H. The molecule has 0 bridgehead atoms. The molecular weight excluding hydrogens is 725 g/mol. The highest BCUT2D eigenvalue weighted by Gasteiger charge is 2.17. The Morgan fingerprint density at radius 3 is 1.53 bits per heavy atom. The lowest BCUT2D eigenvalue weighted by molar-refractivity contribution is 1.18. The van der Waals surface area contributed by atoms with Gasteiger partial charge < -0.3 is 0 Å². The fraction of sp³-hybridized carbons (Fsp3) is 0. The van der Waals surface area contributed by atoms with E-state index in [0.717, 1.165) is 55.9 Å². The highest BCUT2D eigenvalue weighted by atomic mass is 14.9. The summed E-state index contributed by atoms with van der Waals surface area (Å²) in [7, 11) is 0. The van der Waals surface area contributed by atoms with Gasteiger partial charge >= 0.3 is 0 Å². The first-order chi connectivity index (χ1) is 29.7. The van der Waals surface area contributed by atoms with E-state index in [2.05, 4.69) is 212 Å². The number of fused-ring (bicyclic) bond motifs is 4. The molecule has 2 heteroatoms. The molecule has 0 spiro atoms. The largest absolute Gasteiger partial charge is 0.228 e. The van der Waals surface area contributed by atoms with Gasteiger partial charge in [-0.3, -0.25) is 0 Å². The van der Waals surface area contributed by atoms with Gasteiger partial charge in [0.1, 0.15) is 0 Å². The summed E-state index contributed by atoms with van der Waals surface area (Å²) in [5, 5.41) is 7.54. The van der Waals surface area contributed by atoms with E-state index in [0.29, 0.717) is 5.82 Å². The lowest BCUT2D eigenvalue weighted by atomic mass is 9.88. The summed E-state index contributed by atoms with van der Waals surface area (Å²) in [6.45, 7) is 0. The molecule has 1 aromatic heterocycles. The third-order valence-corrected chi connectivity index (χ3v) is 11.7. The van der Waals surface area contributed by atoms with Gasteiger partial charge in [0.2, 0.25) is 0 Å². The van der Waals surface area contributed by atoms with Gasteiger partial charge in [-0.15, -0.1) is 0 Å². The predicted octanol–water partition coefficient (Wildman–Crippen LogP) is 15.6. The minimum Gasteiger partial charge on any atom is -0.228 e. The molecule has 0 saturated carbocycles. The maximum Gasteiger partial charge on any atom is 0.160 e. The Bertz CT molecular complexity index is 3350. The number of aromatic nitrogens is 2. The Kier molecular flexibility index (Phi) is 8.87. The van der Waals surface area contributed by atoms with Crippen LogP contribution in [0.25, 0.3) is 111 Å². The van der Waals surface area contributed by atoms with Crippen LogP contribution in [-0.4, -0.2) is 9.97 Å². The second-order valence-corrected chi connectivity index (χ2v) is 15.3. The van der Waals surface area contributed by atoms with Crippen LogP contribution in [0.1, 0.15) is 0 Å². The highest BCUT2D eigenvalue weighted by Crippen LogP contribution is 2.41. The van der Waals surface area contributed by atoms with E-state index >= 15 is 0 Å².